The number of carbonyl (C=O) groups excluding carboxylic acids is 1. The number of amides is 1. The zero-order valence-electron chi connectivity index (χ0n) is 12.3. The van der Waals surface area contributed by atoms with Crippen molar-refractivity contribution in [3.05, 3.63) is 29.6 Å². The normalized spacial score (nSPS) is 13.7. The van der Waals surface area contributed by atoms with Crippen LogP contribution in [0.1, 0.15) is 45.2 Å². The molecule has 0 radical (unpaired) electrons. The summed E-state index contributed by atoms with van der Waals surface area (Å²) in [4.78, 5) is 11.7. The van der Waals surface area contributed by atoms with Crippen molar-refractivity contribution in [2.24, 2.45) is 5.73 Å². The van der Waals surface area contributed by atoms with Gasteiger partial charge in [0.05, 0.1) is 0 Å². The number of ether oxygens (including phenoxy) is 1. The van der Waals surface area contributed by atoms with Crippen LogP contribution in [0.2, 0.25) is 0 Å². The second-order valence-electron chi connectivity index (χ2n) is 5.02. The van der Waals surface area contributed by atoms with Gasteiger partial charge in [0, 0.05) is 17.6 Å². The van der Waals surface area contributed by atoms with Gasteiger partial charge in [0.25, 0.3) is 5.91 Å². The standard InChI is InChI=1S/C15H23FN2O2/c1-4-5-10(2)18-15(19)9-20-14-7-6-12(16)8-13(14)11(3)17/h6-8,10-11H,4-5,9,17H2,1-3H3,(H,18,19)/t10?,11-/m1/s1. The van der Waals surface area contributed by atoms with E-state index in [-0.39, 0.29) is 30.4 Å². The Kier molecular flexibility index (Phi) is 6.45. The van der Waals surface area contributed by atoms with Crippen LogP contribution in [0.25, 0.3) is 0 Å². The molecular weight excluding hydrogens is 259 g/mol. The molecule has 0 spiro atoms. The molecule has 0 fully saturated rings. The van der Waals surface area contributed by atoms with Gasteiger partial charge in [0.15, 0.2) is 6.61 Å². The summed E-state index contributed by atoms with van der Waals surface area (Å²) in [7, 11) is 0. The molecule has 2 atom stereocenters. The topological polar surface area (TPSA) is 64.3 Å². The summed E-state index contributed by atoms with van der Waals surface area (Å²) in [5, 5.41) is 2.84. The number of nitrogens with one attached hydrogen (secondary N) is 1. The Balaban J connectivity index is 2.59. The number of hydrogen-bond donors (Lipinski definition) is 2. The third kappa shape index (κ3) is 5.17. The molecule has 3 N–H and O–H groups in total. The highest BCUT2D eigenvalue weighted by Crippen LogP contribution is 2.24. The number of nitrogens with two attached hydrogens (primary N) is 1. The number of halogens is 1. The molecule has 112 valence electrons. The molecule has 1 aromatic rings. The summed E-state index contributed by atoms with van der Waals surface area (Å²) in [5.74, 6) is -0.115. The van der Waals surface area contributed by atoms with E-state index < -0.39 is 0 Å². The zero-order valence-corrected chi connectivity index (χ0v) is 12.3. The van der Waals surface area contributed by atoms with E-state index in [9.17, 15) is 9.18 Å². The van der Waals surface area contributed by atoms with Crippen molar-refractivity contribution in [3.63, 3.8) is 0 Å². The van der Waals surface area contributed by atoms with E-state index in [1.807, 2.05) is 6.92 Å². The first-order chi connectivity index (χ1) is 9.43. The van der Waals surface area contributed by atoms with E-state index in [0.717, 1.165) is 12.8 Å². The van der Waals surface area contributed by atoms with Gasteiger partial charge in [-0.2, -0.15) is 0 Å². The van der Waals surface area contributed by atoms with E-state index in [1.165, 1.54) is 18.2 Å². The zero-order chi connectivity index (χ0) is 15.1. The Labute approximate surface area is 119 Å². The SMILES string of the molecule is CCCC(C)NC(=O)COc1ccc(F)cc1[C@@H](C)N. The van der Waals surface area contributed by atoms with Gasteiger partial charge in [-0.3, -0.25) is 4.79 Å². The fourth-order valence-electron chi connectivity index (χ4n) is 1.97. The Morgan fingerprint density at radius 3 is 2.75 bits per heavy atom. The van der Waals surface area contributed by atoms with Crippen molar-refractivity contribution in [2.75, 3.05) is 6.61 Å². The number of rotatable bonds is 7. The molecule has 1 amide bonds. The second kappa shape index (κ2) is 7.85. The number of benzene rings is 1. The molecule has 4 nitrogen and oxygen atoms in total. The van der Waals surface area contributed by atoms with Crippen LogP contribution >= 0.6 is 0 Å². The van der Waals surface area contributed by atoms with E-state index in [1.54, 1.807) is 6.92 Å². The Morgan fingerprint density at radius 1 is 1.45 bits per heavy atom. The van der Waals surface area contributed by atoms with Crippen molar-refractivity contribution in [1.82, 2.24) is 5.32 Å². The molecule has 0 aliphatic heterocycles. The smallest absolute Gasteiger partial charge is 0.258 e. The molecule has 0 aromatic heterocycles. The minimum Gasteiger partial charge on any atom is -0.483 e. The molecule has 20 heavy (non-hydrogen) atoms. The van der Waals surface area contributed by atoms with Gasteiger partial charge in [-0.25, -0.2) is 4.39 Å². The summed E-state index contributed by atoms with van der Waals surface area (Å²) in [5.41, 5.74) is 6.32. The maximum absolute atomic E-state index is 13.2. The molecule has 0 saturated carbocycles. The van der Waals surface area contributed by atoms with Crippen LogP contribution in [-0.4, -0.2) is 18.6 Å². The van der Waals surface area contributed by atoms with Gasteiger partial charge >= 0.3 is 0 Å². The summed E-state index contributed by atoms with van der Waals surface area (Å²) >= 11 is 0. The maximum atomic E-state index is 13.2. The molecule has 0 saturated heterocycles. The highest BCUT2D eigenvalue weighted by atomic mass is 19.1. The van der Waals surface area contributed by atoms with Crippen LogP contribution in [0, 0.1) is 5.82 Å². The number of hydrogen-bond acceptors (Lipinski definition) is 3. The highest BCUT2D eigenvalue weighted by molar-refractivity contribution is 5.77. The quantitative estimate of drug-likeness (QED) is 0.807. The lowest BCUT2D eigenvalue weighted by Crippen LogP contribution is -2.36. The van der Waals surface area contributed by atoms with Crippen molar-refractivity contribution < 1.29 is 13.9 Å². The first kappa shape index (κ1) is 16.4. The van der Waals surface area contributed by atoms with Crippen LogP contribution in [0.4, 0.5) is 4.39 Å². The van der Waals surface area contributed by atoms with Crippen molar-refractivity contribution >= 4 is 5.91 Å². The van der Waals surface area contributed by atoms with Gasteiger partial charge in [0.1, 0.15) is 11.6 Å². The van der Waals surface area contributed by atoms with E-state index in [2.05, 4.69) is 12.2 Å². The average Bonchev–Trinajstić information content (AvgIpc) is 2.37. The van der Waals surface area contributed by atoms with Crippen LogP contribution in [0.5, 0.6) is 5.75 Å². The van der Waals surface area contributed by atoms with Gasteiger partial charge < -0.3 is 15.8 Å². The van der Waals surface area contributed by atoms with Gasteiger partial charge in [-0.15, -0.1) is 0 Å². The predicted molar refractivity (Wildman–Crippen MR) is 77.0 cm³/mol. The molecule has 0 aliphatic rings. The monoisotopic (exact) mass is 282 g/mol. The molecule has 0 bridgehead atoms. The lowest BCUT2D eigenvalue weighted by molar-refractivity contribution is -0.123. The van der Waals surface area contributed by atoms with Crippen molar-refractivity contribution in [2.45, 2.75) is 45.7 Å². The summed E-state index contributed by atoms with van der Waals surface area (Å²) in [6.07, 6.45) is 1.93. The Bertz CT molecular complexity index is 449. The van der Waals surface area contributed by atoms with Gasteiger partial charge in [-0.1, -0.05) is 13.3 Å². The third-order valence-corrected chi connectivity index (χ3v) is 2.95. The lowest BCUT2D eigenvalue weighted by atomic mass is 10.1. The largest absolute Gasteiger partial charge is 0.483 e. The lowest BCUT2D eigenvalue weighted by Gasteiger charge is -2.16. The number of carbonyl (C=O) groups is 1. The summed E-state index contributed by atoms with van der Waals surface area (Å²) < 4.78 is 18.6. The van der Waals surface area contributed by atoms with Crippen LogP contribution < -0.4 is 15.8 Å². The molecule has 1 unspecified atom stereocenters. The van der Waals surface area contributed by atoms with Crippen molar-refractivity contribution in [1.29, 1.82) is 0 Å². The van der Waals surface area contributed by atoms with Crippen molar-refractivity contribution in [3.8, 4) is 5.75 Å². The van der Waals surface area contributed by atoms with Crippen LogP contribution in [0.15, 0.2) is 18.2 Å². The Hall–Kier alpha value is -1.62. The van der Waals surface area contributed by atoms with Gasteiger partial charge in [-0.05, 0) is 38.5 Å². The Morgan fingerprint density at radius 2 is 2.15 bits per heavy atom. The third-order valence-electron chi connectivity index (χ3n) is 2.95. The molecule has 5 heteroatoms. The summed E-state index contributed by atoms with van der Waals surface area (Å²) in [6, 6.07) is 3.88. The maximum Gasteiger partial charge on any atom is 0.258 e. The molecule has 1 rings (SSSR count). The van der Waals surface area contributed by atoms with E-state index in [4.69, 9.17) is 10.5 Å². The van der Waals surface area contributed by atoms with E-state index in [0.29, 0.717) is 11.3 Å². The predicted octanol–water partition coefficient (Wildman–Crippen LogP) is 2.53. The van der Waals surface area contributed by atoms with Crippen LogP contribution in [-0.2, 0) is 4.79 Å². The summed E-state index contributed by atoms with van der Waals surface area (Å²) in [6.45, 7) is 5.66. The molecule has 1 aromatic carbocycles. The van der Waals surface area contributed by atoms with Crippen LogP contribution in [0.3, 0.4) is 0 Å². The highest BCUT2D eigenvalue weighted by Gasteiger charge is 2.12. The average molecular weight is 282 g/mol. The minimum atomic E-state index is -0.370. The minimum absolute atomic E-state index is 0.0978. The molecular formula is C15H23FN2O2. The fraction of sp³-hybridized carbons (Fsp3) is 0.533. The van der Waals surface area contributed by atoms with E-state index >= 15 is 0 Å². The fourth-order valence-corrected chi connectivity index (χ4v) is 1.97. The molecule has 0 heterocycles. The first-order valence-corrected chi connectivity index (χ1v) is 6.91. The first-order valence-electron chi connectivity index (χ1n) is 6.91. The molecule has 0 aliphatic carbocycles. The van der Waals surface area contributed by atoms with Gasteiger partial charge in [0.2, 0.25) is 0 Å². The second-order valence-corrected chi connectivity index (χ2v) is 5.02.